The Balaban J connectivity index is 1.64. The van der Waals surface area contributed by atoms with Gasteiger partial charge in [0.1, 0.15) is 17.1 Å². The summed E-state index contributed by atoms with van der Waals surface area (Å²) >= 11 is 0. The molecule has 1 aliphatic rings. The molecule has 3 rings (SSSR count). The Kier molecular flexibility index (Phi) is 5.56. The highest BCUT2D eigenvalue weighted by atomic mass is 16.3. The van der Waals surface area contributed by atoms with Crippen LogP contribution < -0.4 is 5.32 Å². The van der Waals surface area contributed by atoms with E-state index in [2.05, 4.69) is 11.4 Å². The molecule has 2 aromatic heterocycles. The lowest BCUT2D eigenvalue weighted by Gasteiger charge is -2.32. The molecule has 6 nitrogen and oxygen atoms in total. The van der Waals surface area contributed by atoms with Gasteiger partial charge in [0.2, 0.25) is 5.91 Å². The Morgan fingerprint density at radius 1 is 1.12 bits per heavy atom. The van der Waals surface area contributed by atoms with Gasteiger partial charge < -0.3 is 14.2 Å². The first-order chi connectivity index (χ1) is 12.2. The number of carbonyl (C=O) groups excluding carboxylic acids is 1. The molecule has 0 aromatic carbocycles. The molecule has 2 heterocycles. The number of nitrogens with one attached hydrogen (secondary N) is 1. The van der Waals surface area contributed by atoms with Gasteiger partial charge in [-0.1, -0.05) is 19.3 Å². The lowest BCUT2D eigenvalue weighted by Crippen LogP contribution is -2.51. The van der Waals surface area contributed by atoms with Crippen LogP contribution in [0.25, 0.3) is 0 Å². The van der Waals surface area contributed by atoms with Gasteiger partial charge >= 0.3 is 0 Å². The number of carbonyl (C=O) groups is 1. The molecule has 132 valence electrons. The normalized spacial score (nSPS) is 16.5. The van der Waals surface area contributed by atoms with Crippen LogP contribution in [0.15, 0.2) is 45.6 Å². The van der Waals surface area contributed by atoms with E-state index >= 15 is 0 Å². The Hall–Kier alpha value is -2.52. The highest BCUT2D eigenvalue weighted by Crippen LogP contribution is 2.27. The lowest BCUT2D eigenvalue weighted by molar-refractivity contribution is -0.124. The van der Waals surface area contributed by atoms with Crippen molar-refractivity contribution >= 4 is 5.91 Å². The van der Waals surface area contributed by atoms with Gasteiger partial charge in [-0.25, -0.2) is 0 Å². The molecule has 1 N–H and O–H groups in total. The largest absolute Gasteiger partial charge is 0.468 e. The average molecular weight is 341 g/mol. The summed E-state index contributed by atoms with van der Waals surface area (Å²) in [5.74, 6) is 1.43. The molecule has 1 saturated carbocycles. The van der Waals surface area contributed by atoms with E-state index in [9.17, 15) is 10.1 Å². The standard InChI is InChI=1S/C19H23N3O3/c20-15-19(8-2-1-3-9-19)21-18(23)14-22(12-16-6-4-10-24-16)13-17-7-5-11-25-17/h4-7,10-11H,1-3,8-9,12-14H2,(H,21,23). The predicted molar refractivity (Wildman–Crippen MR) is 91.1 cm³/mol. The molecule has 25 heavy (non-hydrogen) atoms. The van der Waals surface area contributed by atoms with E-state index in [1.165, 1.54) is 0 Å². The van der Waals surface area contributed by atoms with Gasteiger partial charge in [0.05, 0.1) is 38.2 Å². The second-order valence-electron chi connectivity index (χ2n) is 6.61. The van der Waals surface area contributed by atoms with Crippen molar-refractivity contribution in [3.05, 3.63) is 48.3 Å². The highest BCUT2D eigenvalue weighted by Gasteiger charge is 2.33. The fourth-order valence-corrected chi connectivity index (χ4v) is 3.34. The van der Waals surface area contributed by atoms with Gasteiger partial charge in [-0.3, -0.25) is 9.69 Å². The number of furan rings is 2. The number of hydrogen-bond donors (Lipinski definition) is 1. The van der Waals surface area contributed by atoms with Gasteiger partial charge in [0, 0.05) is 0 Å². The summed E-state index contributed by atoms with van der Waals surface area (Å²) < 4.78 is 10.8. The Bertz CT molecular complexity index is 659. The number of hydrogen-bond acceptors (Lipinski definition) is 5. The van der Waals surface area contributed by atoms with Crippen molar-refractivity contribution in [1.82, 2.24) is 10.2 Å². The molecule has 0 bridgehead atoms. The Labute approximate surface area is 147 Å². The second-order valence-corrected chi connectivity index (χ2v) is 6.61. The van der Waals surface area contributed by atoms with Crippen LogP contribution in [0.1, 0.15) is 43.6 Å². The third-order valence-corrected chi connectivity index (χ3v) is 4.59. The molecule has 1 amide bonds. The van der Waals surface area contributed by atoms with Crippen molar-refractivity contribution in [3.63, 3.8) is 0 Å². The molecular weight excluding hydrogens is 318 g/mol. The molecule has 0 atom stereocenters. The summed E-state index contributed by atoms with van der Waals surface area (Å²) in [4.78, 5) is 14.5. The van der Waals surface area contributed by atoms with Crippen LogP contribution in [0.5, 0.6) is 0 Å². The maximum atomic E-state index is 12.6. The van der Waals surface area contributed by atoms with Crippen molar-refractivity contribution in [2.45, 2.75) is 50.7 Å². The zero-order valence-electron chi connectivity index (χ0n) is 14.2. The van der Waals surface area contributed by atoms with E-state index in [1.807, 2.05) is 29.2 Å². The monoisotopic (exact) mass is 341 g/mol. The van der Waals surface area contributed by atoms with Crippen LogP contribution in [0, 0.1) is 11.3 Å². The summed E-state index contributed by atoms with van der Waals surface area (Å²) in [5.41, 5.74) is -0.712. The zero-order valence-corrected chi connectivity index (χ0v) is 14.2. The summed E-state index contributed by atoms with van der Waals surface area (Å²) in [5, 5.41) is 12.5. The van der Waals surface area contributed by atoms with E-state index in [1.54, 1.807) is 12.5 Å². The molecule has 0 aliphatic heterocycles. The van der Waals surface area contributed by atoms with Gasteiger partial charge in [0.15, 0.2) is 0 Å². The summed E-state index contributed by atoms with van der Waals surface area (Å²) in [6.07, 6.45) is 7.78. The molecule has 6 heteroatoms. The van der Waals surface area contributed by atoms with Gasteiger partial charge in [-0.2, -0.15) is 5.26 Å². The Morgan fingerprint density at radius 3 is 2.20 bits per heavy atom. The van der Waals surface area contributed by atoms with E-state index in [0.29, 0.717) is 13.1 Å². The fraction of sp³-hybridized carbons (Fsp3) is 0.474. The Morgan fingerprint density at radius 2 is 1.72 bits per heavy atom. The maximum Gasteiger partial charge on any atom is 0.235 e. The first-order valence-electron chi connectivity index (χ1n) is 8.68. The summed E-state index contributed by atoms with van der Waals surface area (Å²) in [7, 11) is 0. The van der Waals surface area contributed by atoms with Gasteiger partial charge in [0.25, 0.3) is 0 Å². The van der Waals surface area contributed by atoms with Crippen molar-refractivity contribution in [2.75, 3.05) is 6.54 Å². The number of nitriles is 1. The molecule has 0 radical (unpaired) electrons. The van der Waals surface area contributed by atoms with Crippen LogP contribution in [-0.4, -0.2) is 22.9 Å². The second kappa shape index (κ2) is 8.04. The topological polar surface area (TPSA) is 82.4 Å². The first kappa shape index (κ1) is 17.3. The van der Waals surface area contributed by atoms with Gasteiger partial charge in [-0.05, 0) is 37.1 Å². The van der Waals surface area contributed by atoms with E-state index in [0.717, 1.165) is 43.6 Å². The third-order valence-electron chi connectivity index (χ3n) is 4.59. The molecule has 2 aromatic rings. The number of amides is 1. The van der Waals surface area contributed by atoms with Crippen LogP contribution in [-0.2, 0) is 17.9 Å². The molecule has 0 unspecified atom stereocenters. The summed E-state index contributed by atoms with van der Waals surface area (Å²) in [6, 6.07) is 9.74. The van der Waals surface area contributed by atoms with E-state index in [4.69, 9.17) is 8.83 Å². The van der Waals surface area contributed by atoms with Gasteiger partial charge in [-0.15, -0.1) is 0 Å². The predicted octanol–water partition coefficient (Wildman–Crippen LogP) is 3.22. The van der Waals surface area contributed by atoms with Crippen LogP contribution in [0.3, 0.4) is 0 Å². The zero-order chi connectivity index (χ0) is 17.5. The summed E-state index contributed by atoms with van der Waals surface area (Å²) in [6.45, 7) is 1.19. The van der Waals surface area contributed by atoms with Crippen molar-refractivity contribution < 1.29 is 13.6 Å². The minimum absolute atomic E-state index is 0.137. The molecule has 0 saturated heterocycles. The van der Waals surface area contributed by atoms with Crippen molar-refractivity contribution in [2.24, 2.45) is 0 Å². The van der Waals surface area contributed by atoms with Crippen LogP contribution in [0.2, 0.25) is 0 Å². The minimum atomic E-state index is -0.712. The molecule has 0 spiro atoms. The number of nitrogens with zero attached hydrogens (tertiary/aromatic N) is 2. The molecular formula is C19H23N3O3. The lowest BCUT2D eigenvalue weighted by atomic mass is 9.83. The SMILES string of the molecule is N#CC1(NC(=O)CN(Cc2ccco2)Cc2ccco2)CCCCC1. The van der Waals surface area contributed by atoms with Crippen molar-refractivity contribution in [1.29, 1.82) is 5.26 Å². The van der Waals surface area contributed by atoms with Crippen molar-refractivity contribution in [3.8, 4) is 6.07 Å². The first-order valence-corrected chi connectivity index (χ1v) is 8.68. The van der Waals surface area contributed by atoms with Crippen LogP contribution in [0.4, 0.5) is 0 Å². The molecule has 1 aliphatic carbocycles. The smallest absolute Gasteiger partial charge is 0.235 e. The van der Waals surface area contributed by atoms with E-state index < -0.39 is 5.54 Å². The van der Waals surface area contributed by atoms with Crippen LogP contribution >= 0.6 is 0 Å². The quantitative estimate of drug-likeness (QED) is 0.836. The highest BCUT2D eigenvalue weighted by molar-refractivity contribution is 5.79. The third kappa shape index (κ3) is 4.74. The minimum Gasteiger partial charge on any atom is -0.468 e. The number of rotatable bonds is 7. The maximum absolute atomic E-state index is 12.6. The van der Waals surface area contributed by atoms with E-state index in [-0.39, 0.29) is 12.5 Å². The molecule has 1 fully saturated rings. The fourth-order valence-electron chi connectivity index (χ4n) is 3.34. The average Bonchev–Trinajstić information content (AvgIpc) is 3.29.